The van der Waals surface area contributed by atoms with Gasteiger partial charge < -0.3 is 9.40 Å². The SMILES string of the molecule is CC.Cc1c[nH]c2ccc3[nH]c(=O)oc3c12. The van der Waals surface area contributed by atoms with Crippen LogP contribution in [0.1, 0.15) is 19.4 Å². The molecule has 1 aromatic carbocycles. The van der Waals surface area contributed by atoms with Crippen LogP contribution in [-0.2, 0) is 0 Å². The van der Waals surface area contributed by atoms with Crippen LogP contribution in [-0.4, -0.2) is 9.97 Å². The van der Waals surface area contributed by atoms with E-state index in [0.29, 0.717) is 5.58 Å². The van der Waals surface area contributed by atoms with Crippen molar-refractivity contribution >= 4 is 22.0 Å². The number of aromatic nitrogens is 2. The average molecular weight is 218 g/mol. The van der Waals surface area contributed by atoms with E-state index in [0.717, 1.165) is 22.0 Å². The van der Waals surface area contributed by atoms with Crippen molar-refractivity contribution in [3.8, 4) is 0 Å². The molecular formula is C12H14N2O2. The lowest BCUT2D eigenvalue weighted by Crippen LogP contribution is -1.92. The van der Waals surface area contributed by atoms with Gasteiger partial charge in [-0.3, -0.25) is 4.98 Å². The summed E-state index contributed by atoms with van der Waals surface area (Å²) < 4.78 is 5.09. The molecule has 0 aliphatic rings. The summed E-state index contributed by atoms with van der Waals surface area (Å²) in [4.78, 5) is 16.8. The largest absolute Gasteiger partial charge is 0.417 e. The van der Waals surface area contributed by atoms with Gasteiger partial charge >= 0.3 is 5.76 Å². The van der Waals surface area contributed by atoms with Crippen LogP contribution in [0.25, 0.3) is 22.0 Å². The number of aromatic amines is 2. The number of benzene rings is 1. The third kappa shape index (κ3) is 1.43. The highest BCUT2D eigenvalue weighted by atomic mass is 16.4. The van der Waals surface area contributed by atoms with E-state index in [4.69, 9.17) is 4.42 Å². The molecule has 4 nitrogen and oxygen atoms in total. The zero-order valence-electron chi connectivity index (χ0n) is 9.55. The Labute approximate surface area is 92.3 Å². The average Bonchev–Trinajstić information content (AvgIpc) is 2.83. The highest BCUT2D eigenvalue weighted by Gasteiger charge is 2.08. The summed E-state index contributed by atoms with van der Waals surface area (Å²) in [6.45, 7) is 5.98. The van der Waals surface area contributed by atoms with Crippen LogP contribution < -0.4 is 5.76 Å². The number of hydrogen-bond acceptors (Lipinski definition) is 2. The van der Waals surface area contributed by atoms with Crippen LogP contribution in [0.4, 0.5) is 0 Å². The Morgan fingerprint density at radius 3 is 2.62 bits per heavy atom. The normalized spacial score (nSPS) is 10.4. The number of fused-ring (bicyclic) bond motifs is 3. The molecule has 2 aromatic heterocycles. The van der Waals surface area contributed by atoms with E-state index < -0.39 is 5.76 Å². The number of oxazole rings is 1. The van der Waals surface area contributed by atoms with Gasteiger partial charge in [-0.1, -0.05) is 13.8 Å². The van der Waals surface area contributed by atoms with E-state index in [-0.39, 0.29) is 0 Å². The second-order valence-corrected chi connectivity index (χ2v) is 3.35. The molecule has 3 rings (SSSR count). The predicted octanol–water partition coefficient (Wildman–Crippen LogP) is 2.94. The van der Waals surface area contributed by atoms with Crippen LogP contribution in [0.3, 0.4) is 0 Å². The summed E-state index contributed by atoms with van der Waals surface area (Å²) in [5.41, 5.74) is 3.43. The van der Waals surface area contributed by atoms with Gasteiger partial charge in [0.05, 0.1) is 5.52 Å². The van der Waals surface area contributed by atoms with E-state index >= 15 is 0 Å². The highest BCUT2D eigenvalue weighted by Crippen LogP contribution is 2.25. The van der Waals surface area contributed by atoms with Crippen LogP contribution >= 0.6 is 0 Å². The maximum absolute atomic E-state index is 11.0. The van der Waals surface area contributed by atoms with Gasteiger partial charge in [-0.25, -0.2) is 4.79 Å². The van der Waals surface area contributed by atoms with Gasteiger partial charge in [-0.15, -0.1) is 0 Å². The van der Waals surface area contributed by atoms with Crippen molar-refractivity contribution in [3.63, 3.8) is 0 Å². The minimum atomic E-state index is -0.409. The topological polar surface area (TPSA) is 61.8 Å². The first kappa shape index (κ1) is 10.5. The maximum atomic E-state index is 11.0. The second-order valence-electron chi connectivity index (χ2n) is 3.35. The molecule has 0 bridgehead atoms. The van der Waals surface area contributed by atoms with Crippen molar-refractivity contribution in [2.75, 3.05) is 0 Å². The van der Waals surface area contributed by atoms with E-state index in [2.05, 4.69) is 9.97 Å². The first-order chi connectivity index (χ1) is 7.75. The first-order valence-electron chi connectivity index (χ1n) is 5.35. The monoisotopic (exact) mass is 218 g/mol. The standard InChI is InChI=1S/C10H8N2O2.C2H6/c1-5-4-11-6-2-3-7-9(8(5)6)14-10(13)12-7;1-2/h2-4,11H,1H3,(H,12,13);1-2H3. The molecule has 0 amide bonds. The van der Waals surface area contributed by atoms with Crippen molar-refractivity contribution in [2.45, 2.75) is 20.8 Å². The van der Waals surface area contributed by atoms with Crippen molar-refractivity contribution in [2.24, 2.45) is 0 Å². The molecular weight excluding hydrogens is 204 g/mol. The Kier molecular flexibility index (Phi) is 2.56. The molecule has 0 aliphatic heterocycles. The number of rotatable bonds is 0. The Hall–Kier alpha value is -1.97. The van der Waals surface area contributed by atoms with E-state index in [1.54, 1.807) is 0 Å². The van der Waals surface area contributed by atoms with Gasteiger partial charge in [-0.05, 0) is 24.6 Å². The minimum absolute atomic E-state index is 0.409. The van der Waals surface area contributed by atoms with Gasteiger partial charge in [0.25, 0.3) is 0 Å². The fraction of sp³-hybridized carbons (Fsp3) is 0.250. The highest BCUT2D eigenvalue weighted by molar-refractivity contribution is 6.03. The lowest BCUT2D eigenvalue weighted by Gasteiger charge is -1.91. The van der Waals surface area contributed by atoms with Gasteiger partial charge in [0.15, 0.2) is 5.58 Å². The lowest BCUT2D eigenvalue weighted by atomic mass is 10.2. The fourth-order valence-corrected chi connectivity index (χ4v) is 1.79. The number of aryl methyl sites for hydroxylation is 1. The molecule has 3 aromatic rings. The summed E-state index contributed by atoms with van der Waals surface area (Å²) in [7, 11) is 0. The van der Waals surface area contributed by atoms with Crippen molar-refractivity contribution in [1.29, 1.82) is 0 Å². The number of H-pyrrole nitrogens is 2. The third-order valence-corrected chi connectivity index (χ3v) is 2.43. The van der Waals surface area contributed by atoms with Gasteiger partial charge in [0.2, 0.25) is 0 Å². The molecule has 0 fully saturated rings. The maximum Gasteiger partial charge on any atom is 0.417 e. The summed E-state index contributed by atoms with van der Waals surface area (Å²) in [5, 5.41) is 0.973. The van der Waals surface area contributed by atoms with E-state index in [9.17, 15) is 4.79 Å². The smallest absolute Gasteiger partial charge is 0.407 e. The van der Waals surface area contributed by atoms with Crippen molar-refractivity contribution < 1.29 is 4.42 Å². The van der Waals surface area contributed by atoms with E-state index in [1.807, 2.05) is 39.1 Å². The fourth-order valence-electron chi connectivity index (χ4n) is 1.79. The summed E-state index contributed by atoms with van der Waals surface area (Å²) >= 11 is 0. The van der Waals surface area contributed by atoms with Crippen LogP contribution in [0.5, 0.6) is 0 Å². The number of nitrogens with one attached hydrogen (secondary N) is 2. The molecule has 0 unspecified atom stereocenters. The zero-order chi connectivity index (χ0) is 11.7. The lowest BCUT2D eigenvalue weighted by molar-refractivity contribution is 0.558. The zero-order valence-corrected chi connectivity index (χ0v) is 9.55. The van der Waals surface area contributed by atoms with Gasteiger partial charge in [0.1, 0.15) is 0 Å². The molecule has 4 heteroatoms. The van der Waals surface area contributed by atoms with Crippen molar-refractivity contribution in [1.82, 2.24) is 9.97 Å². The van der Waals surface area contributed by atoms with Crippen LogP contribution in [0.2, 0.25) is 0 Å². The van der Waals surface area contributed by atoms with E-state index in [1.165, 1.54) is 0 Å². The Balaban J connectivity index is 0.000000457. The quantitative estimate of drug-likeness (QED) is 0.609. The molecule has 2 heterocycles. The second kappa shape index (κ2) is 3.89. The molecule has 0 spiro atoms. The first-order valence-corrected chi connectivity index (χ1v) is 5.35. The molecule has 84 valence electrons. The molecule has 0 saturated heterocycles. The van der Waals surface area contributed by atoms with Crippen LogP contribution in [0, 0.1) is 6.92 Å². The Morgan fingerprint density at radius 2 is 1.88 bits per heavy atom. The predicted molar refractivity (Wildman–Crippen MR) is 64.8 cm³/mol. The molecule has 0 atom stereocenters. The summed E-state index contributed by atoms with van der Waals surface area (Å²) in [6.07, 6.45) is 1.90. The van der Waals surface area contributed by atoms with Crippen LogP contribution in [0.15, 0.2) is 27.5 Å². The summed E-state index contributed by atoms with van der Waals surface area (Å²) in [6, 6.07) is 3.76. The molecule has 0 saturated carbocycles. The van der Waals surface area contributed by atoms with Gasteiger partial charge in [0, 0.05) is 17.1 Å². The van der Waals surface area contributed by atoms with Crippen molar-refractivity contribution in [3.05, 3.63) is 34.4 Å². The Morgan fingerprint density at radius 1 is 1.19 bits per heavy atom. The van der Waals surface area contributed by atoms with Gasteiger partial charge in [-0.2, -0.15) is 0 Å². The molecule has 2 N–H and O–H groups in total. The number of hydrogen-bond donors (Lipinski definition) is 2. The minimum Gasteiger partial charge on any atom is -0.407 e. The Bertz CT molecular complexity index is 673. The molecule has 0 radical (unpaired) electrons. The summed E-state index contributed by atoms with van der Waals surface area (Å²) in [5.74, 6) is -0.409. The third-order valence-electron chi connectivity index (χ3n) is 2.43. The molecule has 0 aliphatic carbocycles. The molecule has 16 heavy (non-hydrogen) atoms.